The first-order valence-electron chi connectivity index (χ1n) is 9.40. The minimum absolute atomic E-state index is 0.566. The highest BCUT2D eigenvalue weighted by Crippen LogP contribution is 2.25. The zero-order chi connectivity index (χ0) is 20.3. The smallest absolute Gasteiger partial charge is 0.0393 e. The minimum atomic E-state index is 0.566. The molecule has 28 heavy (non-hydrogen) atoms. The number of hydrogen-bond donors (Lipinski definition) is 4. The quantitative estimate of drug-likeness (QED) is 0.392. The van der Waals surface area contributed by atoms with E-state index in [2.05, 4.69) is 50.2 Å². The maximum absolute atomic E-state index is 5.89. The van der Waals surface area contributed by atoms with Crippen LogP contribution in [0.15, 0.2) is 60.7 Å². The molecular weight excluding hydrogens is 344 g/mol. The molecule has 0 aliphatic rings. The van der Waals surface area contributed by atoms with Gasteiger partial charge in [0.25, 0.3) is 0 Å². The fourth-order valence-electron chi connectivity index (χ4n) is 3.45. The first-order valence-corrected chi connectivity index (χ1v) is 9.40. The molecule has 0 aliphatic carbocycles. The maximum atomic E-state index is 5.89. The largest absolute Gasteiger partial charge is 0.398 e. The van der Waals surface area contributed by atoms with Crippen LogP contribution in [0.2, 0.25) is 0 Å². The van der Waals surface area contributed by atoms with Crippen LogP contribution >= 0.6 is 0 Å². The molecule has 0 atom stereocenters. The Morgan fingerprint density at radius 1 is 0.607 bits per heavy atom. The molecule has 0 saturated carbocycles. The number of aryl methyl sites for hydroxylation is 2. The van der Waals surface area contributed by atoms with E-state index in [1.54, 1.807) is 0 Å². The van der Waals surface area contributed by atoms with E-state index < -0.39 is 0 Å². The molecule has 4 aromatic rings. The molecule has 0 aliphatic heterocycles. The monoisotopic (exact) mass is 372 g/mol. The van der Waals surface area contributed by atoms with E-state index >= 15 is 0 Å². The lowest BCUT2D eigenvalue weighted by Crippen LogP contribution is -1.99. The summed E-state index contributed by atoms with van der Waals surface area (Å²) in [4.78, 5) is 0. The van der Waals surface area contributed by atoms with Crippen LogP contribution in [0.1, 0.15) is 22.3 Å². The second kappa shape index (κ2) is 8.30. The van der Waals surface area contributed by atoms with Gasteiger partial charge in [-0.3, -0.25) is 0 Å². The van der Waals surface area contributed by atoms with Gasteiger partial charge in [0.05, 0.1) is 0 Å². The molecular formula is C24H28N4. The molecule has 0 aromatic heterocycles. The van der Waals surface area contributed by atoms with Gasteiger partial charge in [0, 0.05) is 35.2 Å². The van der Waals surface area contributed by atoms with Gasteiger partial charge in [0.15, 0.2) is 0 Å². The Bertz CT molecular complexity index is 1130. The molecule has 0 heterocycles. The Balaban J connectivity index is 0.000000161. The summed E-state index contributed by atoms with van der Waals surface area (Å²) >= 11 is 0. The number of benzene rings is 4. The van der Waals surface area contributed by atoms with Crippen molar-refractivity contribution in [1.29, 1.82) is 0 Å². The summed E-state index contributed by atoms with van der Waals surface area (Å²) < 4.78 is 0. The van der Waals surface area contributed by atoms with Gasteiger partial charge in [0.2, 0.25) is 0 Å². The van der Waals surface area contributed by atoms with Crippen molar-refractivity contribution < 1.29 is 0 Å². The number of anilines is 2. The summed E-state index contributed by atoms with van der Waals surface area (Å²) in [5, 5.41) is 4.55. The summed E-state index contributed by atoms with van der Waals surface area (Å²) in [6.45, 7) is 5.28. The molecule has 4 heteroatoms. The third-order valence-electron chi connectivity index (χ3n) is 5.18. The number of nitrogens with two attached hydrogens (primary N) is 4. The van der Waals surface area contributed by atoms with Crippen molar-refractivity contribution in [2.24, 2.45) is 11.5 Å². The first-order chi connectivity index (χ1) is 13.4. The van der Waals surface area contributed by atoms with Crippen LogP contribution in [0.4, 0.5) is 11.4 Å². The lowest BCUT2D eigenvalue weighted by Gasteiger charge is -2.07. The van der Waals surface area contributed by atoms with Gasteiger partial charge >= 0.3 is 0 Å². The molecule has 0 radical (unpaired) electrons. The molecule has 0 bridgehead atoms. The molecule has 0 amide bonds. The normalized spacial score (nSPS) is 10.7. The fourth-order valence-corrected chi connectivity index (χ4v) is 3.45. The van der Waals surface area contributed by atoms with Crippen LogP contribution in [-0.2, 0) is 13.1 Å². The lowest BCUT2D eigenvalue weighted by atomic mass is 10.0. The summed E-state index contributed by atoms with van der Waals surface area (Å²) in [5.41, 5.74) is 29.5. The highest BCUT2D eigenvalue weighted by molar-refractivity contribution is 5.94. The van der Waals surface area contributed by atoms with E-state index in [0.29, 0.717) is 13.1 Å². The van der Waals surface area contributed by atoms with Gasteiger partial charge in [-0.25, -0.2) is 0 Å². The van der Waals surface area contributed by atoms with Crippen molar-refractivity contribution in [3.05, 3.63) is 82.9 Å². The van der Waals surface area contributed by atoms with Crippen LogP contribution < -0.4 is 22.9 Å². The van der Waals surface area contributed by atoms with Crippen LogP contribution in [0.3, 0.4) is 0 Å². The van der Waals surface area contributed by atoms with Crippen molar-refractivity contribution in [3.63, 3.8) is 0 Å². The highest BCUT2D eigenvalue weighted by atomic mass is 14.6. The van der Waals surface area contributed by atoms with E-state index in [-0.39, 0.29) is 0 Å². The minimum Gasteiger partial charge on any atom is -0.398 e. The second-order valence-electron chi connectivity index (χ2n) is 7.10. The Labute approximate surface area is 166 Å². The Hall–Kier alpha value is -3.08. The second-order valence-corrected chi connectivity index (χ2v) is 7.10. The van der Waals surface area contributed by atoms with Crippen molar-refractivity contribution in [2.75, 3.05) is 11.5 Å². The predicted molar refractivity (Wildman–Crippen MR) is 122 cm³/mol. The van der Waals surface area contributed by atoms with Crippen molar-refractivity contribution in [1.82, 2.24) is 0 Å². The van der Waals surface area contributed by atoms with Crippen molar-refractivity contribution >= 4 is 32.9 Å². The molecule has 144 valence electrons. The molecule has 0 spiro atoms. The number of nitrogen functional groups attached to an aromatic ring is 2. The molecule has 4 nitrogen and oxygen atoms in total. The Morgan fingerprint density at radius 3 is 1.64 bits per heavy atom. The molecule has 4 rings (SSSR count). The van der Waals surface area contributed by atoms with Gasteiger partial charge in [-0.15, -0.1) is 0 Å². The SMILES string of the molecule is Cc1cc2c(N)cccc2cc1CN.Cc1cc2cccc(N)c2cc1CN. The van der Waals surface area contributed by atoms with E-state index in [9.17, 15) is 0 Å². The van der Waals surface area contributed by atoms with Crippen LogP contribution in [0, 0.1) is 13.8 Å². The van der Waals surface area contributed by atoms with Gasteiger partial charge in [0.1, 0.15) is 0 Å². The predicted octanol–water partition coefficient (Wildman–Crippen LogP) is 4.38. The van der Waals surface area contributed by atoms with E-state index in [1.807, 2.05) is 24.3 Å². The molecule has 0 unspecified atom stereocenters. The Kier molecular flexibility index (Phi) is 5.83. The first kappa shape index (κ1) is 19.7. The van der Waals surface area contributed by atoms with E-state index in [1.165, 1.54) is 22.1 Å². The zero-order valence-electron chi connectivity index (χ0n) is 16.5. The number of hydrogen-bond acceptors (Lipinski definition) is 4. The van der Waals surface area contributed by atoms with E-state index in [4.69, 9.17) is 22.9 Å². The molecule has 0 fully saturated rings. The van der Waals surface area contributed by atoms with Gasteiger partial charge in [-0.05, 0) is 77.2 Å². The van der Waals surface area contributed by atoms with E-state index in [0.717, 1.165) is 33.1 Å². The standard InChI is InChI=1S/2C12H14N2/c1-8-5-11-9(6-10(8)7-13)3-2-4-12(11)14;1-8-5-9-3-2-4-12(14)11(9)6-10(8)7-13/h2*2-6H,7,13-14H2,1H3. The van der Waals surface area contributed by atoms with Gasteiger partial charge in [-0.2, -0.15) is 0 Å². The Morgan fingerprint density at radius 2 is 1.07 bits per heavy atom. The van der Waals surface area contributed by atoms with Crippen molar-refractivity contribution in [3.8, 4) is 0 Å². The number of fused-ring (bicyclic) bond motifs is 2. The number of rotatable bonds is 2. The lowest BCUT2D eigenvalue weighted by molar-refractivity contribution is 1.05. The van der Waals surface area contributed by atoms with Gasteiger partial charge in [-0.1, -0.05) is 30.3 Å². The average Bonchev–Trinajstić information content (AvgIpc) is 2.68. The average molecular weight is 373 g/mol. The van der Waals surface area contributed by atoms with Crippen LogP contribution in [-0.4, -0.2) is 0 Å². The molecule has 8 N–H and O–H groups in total. The maximum Gasteiger partial charge on any atom is 0.0393 e. The van der Waals surface area contributed by atoms with Crippen LogP contribution in [0.5, 0.6) is 0 Å². The molecule has 4 aromatic carbocycles. The summed E-state index contributed by atoms with van der Waals surface area (Å²) in [7, 11) is 0. The third kappa shape index (κ3) is 3.93. The summed E-state index contributed by atoms with van der Waals surface area (Å²) in [6.07, 6.45) is 0. The van der Waals surface area contributed by atoms with Crippen molar-refractivity contribution in [2.45, 2.75) is 26.9 Å². The third-order valence-corrected chi connectivity index (χ3v) is 5.18. The van der Waals surface area contributed by atoms with Gasteiger partial charge < -0.3 is 22.9 Å². The molecule has 0 saturated heterocycles. The summed E-state index contributed by atoms with van der Waals surface area (Å²) in [5.74, 6) is 0. The van der Waals surface area contributed by atoms with Crippen LogP contribution in [0.25, 0.3) is 21.5 Å². The fraction of sp³-hybridized carbons (Fsp3) is 0.167. The highest BCUT2D eigenvalue weighted by Gasteiger charge is 2.03. The topological polar surface area (TPSA) is 104 Å². The summed E-state index contributed by atoms with van der Waals surface area (Å²) in [6, 6.07) is 20.3. The zero-order valence-corrected chi connectivity index (χ0v) is 16.5.